The second kappa shape index (κ2) is 3.30. The average Bonchev–Trinajstić information content (AvgIpc) is 2.93. The van der Waals surface area contributed by atoms with Gasteiger partial charge in [0.05, 0.1) is 16.6 Å². The number of aromatic nitrogens is 2. The summed E-state index contributed by atoms with van der Waals surface area (Å²) in [4.78, 5) is 0. The summed E-state index contributed by atoms with van der Waals surface area (Å²) < 4.78 is 15.8. The molecule has 0 atom stereocenters. The monoisotopic (exact) mass is 218 g/mol. The van der Waals surface area contributed by atoms with Crippen molar-refractivity contribution in [3.8, 4) is 0 Å². The van der Waals surface area contributed by atoms with Gasteiger partial charge in [-0.25, -0.2) is 4.39 Å². The first-order valence-electron chi connectivity index (χ1n) is 5.78. The van der Waals surface area contributed by atoms with Crippen LogP contribution in [0, 0.1) is 25.6 Å². The highest BCUT2D eigenvalue weighted by Crippen LogP contribution is 2.32. The second-order valence-corrected chi connectivity index (χ2v) is 4.85. The molecule has 0 unspecified atom stereocenters. The van der Waals surface area contributed by atoms with Crippen LogP contribution in [0.2, 0.25) is 0 Å². The Kier molecular flexibility index (Phi) is 2.03. The number of hydrogen-bond donors (Lipinski definition) is 0. The second-order valence-electron chi connectivity index (χ2n) is 4.85. The third kappa shape index (κ3) is 1.51. The Hall–Kier alpha value is -1.38. The van der Waals surface area contributed by atoms with E-state index in [1.807, 2.05) is 24.6 Å². The van der Waals surface area contributed by atoms with Gasteiger partial charge in [-0.15, -0.1) is 0 Å². The summed E-state index contributed by atoms with van der Waals surface area (Å²) in [5.74, 6) is 0.612. The summed E-state index contributed by atoms with van der Waals surface area (Å²) in [5, 5.41) is 5.13. The Morgan fingerprint density at radius 2 is 2.12 bits per heavy atom. The fourth-order valence-corrected chi connectivity index (χ4v) is 2.25. The van der Waals surface area contributed by atoms with E-state index in [-0.39, 0.29) is 5.82 Å². The number of nitrogens with zero attached hydrogens (tertiary/aromatic N) is 2. The third-order valence-electron chi connectivity index (χ3n) is 3.25. The molecule has 0 N–H and O–H groups in total. The molecule has 1 aliphatic rings. The van der Waals surface area contributed by atoms with E-state index in [0.717, 1.165) is 29.2 Å². The molecule has 1 aliphatic carbocycles. The van der Waals surface area contributed by atoms with E-state index in [0.29, 0.717) is 5.39 Å². The van der Waals surface area contributed by atoms with Gasteiger partial charge in [-0.1, -0.05) is 0 Å². The van der Waals surface area contributed by atoms with Crippen molar-refractivity contribution in [3.05, 3.63) is 29.2 Å². The Balaban J connectivity index is 2.20. The molecule has 1 aromatic heterocycles. The van der Waals surface area contributed by atoms with Gasteiger partial charge in [-0.2, -0.15) is 5.10 Å². The van der Waals surface area contributed by atoms with Gasteiger partial charge < -0.3 is 0 Å². The molecule has 0 aliphatic heterocycles. The normalized spacial score (nSPS) is 15.9. The molecule has 3 heteroatoms. The van der Waals surface area contributed by atoms with Crippen LogP contribution >= 0.6 is 0 Å². The molecule has 16 heavy (non-hydrogen) atoms. The highest BCUT2D eigenvalue weighted by atomic mass is 19.1. The lowest BCUT2D eigenvalue weighted by atomic mass is 10.1. The molecule has 2 aromatic rings. The van der Waals surface area contributed by atoms with Gasteiger partial charge >= 0.3 is 0 Å². The SMILES string of the molecule is Cc1cc(F)c2c(C)nn(CC3CC3)c2c1. The van der Waals surface area contributed by atoms with E-state index in [1.54, 1.807) is 6.07 Å². The Morgan fingerprint density at radius 3 is 2.81 bits per heavy atom. The number of hydrogen-bond acceptors (Lipinski definition) is 1. The van der Waals surface area contributed by atoms with E-state index < -0.39 is 0 Å². The molecule has 0 radical (unpaired) electrons. The molecule has 1 fully saturated rings. The molecule has 0 spiro atoms. The summed E-state index contributed by atoms with van der Waals surface area (Å²) in [6.07, 6.45) is 2.57. The smallest absolute Gasteiger partial charge is 0.134 e. The van der Waals surface area contributed by atoms with E-state index in [9.17, 15) is 4.39 Å². The van der Waals surface area contributed by atoms with E-state index in [4.69, 9.17) is 0 Å². The average molecular weight is 218 g/mol. The molecule has 3 rings (SSSR count). The molecule has 2 nitrogen and oxygen atoms in total. The van der Waals surface area contributed by atoms with Crippen LogP contribution < -0.4 is 0 Å². The number of rotatable bonds is 2. The van der Waals surface area contributed by atoms with Crippen LogP contribution in [0.4, 0.5) is 4.39 Å². The van der Waals surface area contributed by atoms with E-state index in [1.165, 1.54) is 12.8 Å². The van der Waals surface area contributed by atoms with Crippen molar-refractivity contribution in [1.82, 2.24) is 9.78 Å². The lowest BCUT2D eigenvalue weighted by Gasteiger charge is -2.02. The van der Waals surface area contributed by atoms with Crippen molar-refractivity contribution in [1.29, 1.82) is 0 Å². The van der Waals surface area contributed by atoms with Crippen LogP contribution in [0.25, 0.3) is 10.9 Å². The van der Waals surface area contributed by atoms with Gasteiger partial charge in [0.1, 0.15) is 5.82 Å². The standard InChI is InChI=1S/C13H15FN2/c1-8-5-11(14)13-9(2)15-16(12(13)6-8)7-10-3-4-10/h5-6,10H,3-4,7H2,1-2H3. The highest BCUT2D eigenvalue weighted by molar-refractivity contribution is 5.83. The highest BCUT2D eigenvalue weighted by Gasteiger charge is 2.23. The number of halogens is 1. The van der Waals surface area contributed by atoms with E-state index in [2.05, 4.69) is 5.10 Å². The number of benzene rings is 1. The van der Waals surface area contributed by atoms with Crippen LogP contribution in [-0.2, 0) is 6.54 Å². The zero-order valence-corrected chi connectivity index (χ0v) is 9.63. The maximum atomic E-state index is 13.8. The van der Waals surface area contributed by atoms with Crippen LogP contribution in [0.1, 0.15) is 24.1 Å². The quantitative estimate of drug-likeness (QED) is 0.756. The first-order chi connectivity index (χ1) is 7.65. The molecule has 1 heterocycles. The van der Waals surface area contributed by atoms with Crippen LogP contribution in [0.15, 0.2) is 12.1 Å². The van der Waals surface area contributed by atoms with Gasteiger partial charge in [-0.05, 0) is 50.3 Å². The fraction of sp³-hybridized carbons (Fsp3) is 0.462. The fourth-order valence-electron chi connectivity index (χ4n) is 2.25. The predicted molar refractivity (Wildman–Crippen MR) is 61.9 cm³/mol. The Morgan fingerprint density at radius 1 is 1.38 bits per heavy atom. The van der Waals surface area contributed by atoms with Crippen molar-refractivity contribution < 1.29 is 4.39 Å². The number of aryl methyl sites for hydroxylation is 2. The van der Waals surface area contributed by atoms with Crippen molar-refractivity contribution in [2.45, 2.75) is 33.2 Å². The minimum absolute atomic E-state index is 0.144. The van der Waals surface area contributed by atoms with Gasteiger partial charge in [0.25, 0.3) is 0 Å². The zero-order valence-electron chi connectivity index (χ0n) is 9.63. The van der Waals surface area contributed by atoms with Crippen LogP contribution in [0.3, 0.4) is 0 Å². The predicted octanol–water partition coefficient (Wildman–Crippen LogP) is 3.20. The summed E-state index contributed by atoms with van der Waals surface area (Å²) in [6, 6.07) is 3.61. The van der Waals surface area contributed by atoms with Gasteiger partial charge in [-0.3, -0.25) is 4.68 Å². The van der Waals surface area contributed by atoms with Crippen molar-refractivity contribution in [2.75, 3.05) is 0 Å². The lowest BCUT2D eigenvalue weighted by molar-refractivity contribution is 0.576. The molecule has 0 bridgehead atoms. The number of fused-ring (bicyclic) bond motifs is 1. The molecular formula is C13H15FN2. The van der Waals surface area contributed by atoms with Crippen molar-refractivity contribution >= 4 is 10.9 Å². The third-order valence-corrected chi connectivity index (χ3v) is 3.25. The minimum atomic E-state index is -0.144. The largest absolute Gasteiger partial charge is 0.264 e. The van der Waals surface area contributed by atoms with Crippen LogP contribution in [-0.4, -0.2) is 9.78 Å². The first kappa shape index (κ1) is 9.82. The van der Waals surface area contributed by atoms with Gasteiger partial charge in [0.15, 0.2) is 0 Å². The topological polar surface area (TPSA) is 17.8 Å². The Labute approximate surface area is 94.1 Å². The molecular weight excluding hydrogens is 203 g/mol. The molecule has 84 valence electrons. The summed E-state index contributed by atoms with van der Waals surface area (Å²) >= 11 is 0. The summed E-state index contributed by atoms with van der Waals surface area (Å²) in [5.41, 5.74) is 2.71. The zero-order chi connectivity index (χ0) is 11.3. The van der Waals surface area contributed by atoms with Crippen molar-refractivity contribution in [3.63, 3.8) is 0 Å². The maximum absolute atomic E-state index is 13.8. The lowest BCUT2D eigenvalue weighted by Crippen LogP contribution is -2.01. The molecule has 0 amide bonds. The molecule has 1 aromatic carbocycles. The minimum Gasteiger partial charge on any atom is -0.264 e. The Bertz CT molecular complexity index is 553. The van der Waals surface area contributed by atoms with Gasteiger partial charge in [0, 0.05) is 6.54 Å². The first-order valence-corrected chi connectivity index (χ1v) is 5.78. The molecule has 0 saturated heterocycles. The van der Waals surface area contributed by atoms with E-state index >= 15 is 0 Å². The van der Waals surface area contributed by atoms with Crippen molar-refractivity contribution in [2.24, 2.45) is 5.92 Å². The summed E-state index contributed by atoms with van der Waals surface area (Å²) in [7, 11) is 0. The van der Waals surface area contributed by atoms with Crippen LogP contribution in [0.5, 0.6) is 0 Å². The maximum Gasteiger partial charge on any atom is 0.134 e. The summed E-state index contributed by atoms with van der Waals surface area (Å²) in [6.45, 7) is 4.74. The molecule has 1 saturated carbocycles. The van der Waals surface area contributed by atoms with Gasteiger partial charge in [0.2, 0.25) is 0 Å².